The van der Waals surface area contributed by atoms with Crippen LogP contribution in [0.15, 0.2) is 12.1 Å². The van der Waals surface area contributed by atoms with E-state index in [1.165, 1.54) is 0 Å². The zero-order valence-electron chi connectivity index (χ0n) is 13.1. The molecule has 0 aromatic heterocycles. The molecule has 1 aliphatic rings. The van der Waals surface area contributed by atoms with Crippen molar-refractivity contribution in [2.75, 3.05) is 11.6 Å². The standard InChI is InChI=1S/C14H16ClF3N2O4S/c1-25(23,24)9-4-2-3-8(5-9)19-12-7-11(15)10(14(16,17)18)6-13(12)20(21)22/h6-9,19H,2-5H2,1H3. The average molecular weight is 401 g/mol. The van der Waals surface area contributed by atoms with Gasteiger partial charge in [0.2, 0.25) is 0 Å². The molecule has 25 heavy (non-hydrogen) atoms. The minimum Gasteiger partial charge on any atom is -0.377 e. The van der Waals surface area contributed by atoms with Crippen LogP contribution in [0.5, 0.6) is 0 Å². The van der Waals surface area contributed by atoms with Crippen LogP contribution in [0.4, 0.5) is 24.5 Å². The van der Waals surface area contributed by atoms with Gasteiger partial charge in [-0.2, -0.15) is 13.2 Å². The van der Waals surface area contributed by atoms with E-state index in [1.807, 2.05) is 0 Å². The number of nitro groups is 1. The van der Waals surface area contributed by atoms with Crippen molar-refractivity contribution in [1.29, 1.82) is 0 Å². The van der Waals surface area contributed by atoms with Crippen LogP contribution < -0.4 is 5.32 Å². The first-order chi connectivity index (χ1) is 11.4. The van der Waals surface area contributed by atoms with E-state index in [9.17, 15) is 31.7 Å². The largest absolute Gasteiger partial charge is 0.418 e. The number of nitrogens with zero attached hydrogens (tertiary/aromatic N) is 1. The summed E-state index contributed by atoms with van der Waals surface area (Å²) in [5.41, 5.74) is -2.19. The molecule has 11 heteroatoms. The molecular formula is C14H16ClF3N2O4S. The van der Waals surface area contributed by atoms with E-state index in [4.69, 9.17) is 11.6 Å². The molecule has 2 atom stereocenters. The lowest BCUT2D eigenvalue weighted by Crippen LogP contribution is -2.34. The van der Waals surface area contributed by atoms with Crippen molar-refractivity contribution < 1.29 is 26.5 Å². The molecule has 0 aliphatic heterocycles. The van der Waals surface area contributed by atoms with Gasteiger partial charge >= 0.3 is 6.18 Å². The Kier molecular flexibility index (Phi) is 5.53. The van der Waals surface area contributed by atoms with Crippen LogP contribution >= 0.6 is 11.6 Å². The Bertz CT molecular complexity index is 783. The van der Waals surface area contributed by atoms with Gasteiger partial charge in [-0.05, 0) is 25.3 Å². The minimum absolute atomic E-state index is 0.151. The molecule has 1 aliphatic carbocycles. The van der Waals surface area contributed by atoms with E-state index in [0.717, 1.165) is 12.3 Å². The Labute approximate surface area is 147 Å². The molecule has 2 unspecified atom stereocenters. The average Bonchev–Trinajstić information content (AvgIpc) is 2.45. The number of nitro benzene ring substituents is 1. The minimum atomic E-state index is -4.81. The first-order valence-electron chi connectivity index (χ1n) is 7.40. The van der Waals surface area contributed by atoms with Gasteiger partial charge in [0.1, 0.15) is 15.5 Å². The number of benzene rings is 1. The van der Waals surface area contributed by atoms with Gasteiger partial charge in [-0.25, -0.2) is 8.42 Å². The summed E-state index contributed by atoms with van der Waals surface area (Å²) in [6, 6.07) is 0.855. The fraction of sp³-hybridized carbons (Fsp3) is 0.571. The second kappa shape index (κ2) is 6.99. The number of anilines is 1. The summed E-state index contributed by atoms with van der Waals surface area (Å²) in [5.74, 6) is 0. The molecule has 6 nitrogen and oxygen atoms in total. The number of hydrogen-bond acceptors (Lipinski definition) is 5. The first kappa shape index (κ1) is 19.8. The van der Waals surface area contributed by atoms with Gasteiger partial charge in [0, 0.05) is 18.4 Å². The maximum Gasteiger partial charge on any atom is 0.418 e. The SMILES string of the molecule is CS(=O)(=O)C1CCCC(Nc2cc(Cl)c(C(F)(F)F)cc2[N+](=O)[O-])C1. The molecule has 1 saturated carbocycles. The Hall–Kier alpha value is -1.55. The molecule has 0 saturated heterocycles. The number of sulfone groups is 1. The summed E-state index contributed by atoms with van der Waals surface area (Å²) < 4.78 is 62.0. The van der Waals surface area contributed by atoms with Gasteiger partial charge < -0.3 is 5.32 Å². The molecule has 1 fully saturated rings. The van der Waals surface area contributed by atoms with E-state index in [2.05, 4.69) is 5.32 Å². The van der Waals surface area contributed by atoms with E-state index in [-0.39, 0.29) is 12.1 Å². The van der Waals surface area contributed by atoms with Crippen LogP contribution in [-0.4, -0.2) is 30.9 Å². The number of rotatable bonds is 4. The van der Waals surface area contributed by atoms with E-state index in [0.29, 0.717) is 25.3 Å². The van der Waals surface area contributed by atoms with Crippen molar-refractivity contribution in [2.45, 2.75) is 43.2 Å². The van der Waals surface area contributed by atoms with Crippen LogP contribution in [0, 0.1) is 10.1 Å². The monoisotopic (exact) mass is 400 g/mol. The van der Waals surface area contributed by atoms with Crippen LogP contribution in [0.2, 0.25) is 5.02 Å². The summed E-state index contributed by atoms with van der Waals surface area (Å²) in [6.07, 6.45) is -1.81. The molecule has 1 aromatic carbocycles. The van der Waals surface area contributed by atoms with Gasteiger partial charge in [-0.3, -0.25) is 10.1 Å². The molecule has 1 N–H and O–H groups in total. The van der Waals surface area contributed by atoms with E-state index >= 15 is 0 Å². The predicted molar refractivity (Wildman–Crippen MR) is 87.6 cm³/mol. The van der Waals surface area contributed by atoms with Crippen molar-refractivity contribution in [3.05, 3.63) is 32.8 Å². The first-order valence-corrected chi connectivity index (χ1v) is 9.73. The number of alkyl halides is 3. The smallest absolute Gasteiger partial charge is 0.377 e. The second-order valence-electron chi connectivity index (χ2n) is 6.06. The summed E-state index contributed by atoms with van der Waals surface area (Å²) in [4.78, 5) is 10.2. The summed E-state index contributed by atoms with van der Waals surface area (Å²) in [6.45, 7) is 0. The lowest BCUT2D eigenvalue weighted by atomic mass is 9.94. The zero-order chi connectivity index (χ0) is 19.0. The predicted octanol–water partition coefficient (Wildman–Crippen LogP) is 4.03. The second-order valence-corrected chi connectivity index (χ2v) is 8.80. The number of nitrogens with one attached hydrogen (secondary N) is 1. The summed E-state index contributed by atoms with van der Waals surface area (Å²) >= 11 is 5.63. The highest BCUT2D eigenvalue weighted by Crippen LogP contribution is 2.41. The van der Waals surface area contributed by atoms with Crippen molar-refractivity contribution in [3.8, 4) is 0 Å². The highest BCUT2D eigenvalue weighted by molar-refractivity contribution is 7.91. The van der Waals surface area contributed by atoms with Gasteiger partial charge in [0.25, 0.3) is 5.69 Å². The topological polar surface area (TPSA) is 89.3 Å². The maximum absolute atomic E-state index is 12.9. The van der Waals surface area contributed by atoms with Crippen LogP contribution in [-0.2, 0) is 16.0 Å². The summed E-state index contributed by atoms with van der Waals surface area (Å²) in [7, 11) is -3.26. The lowest BCUT2D eigenvalue weighted by molar-refractivity contribution is -0.384. The van der Waals surface area contributed by atoms with Gasteiger partial charge in [0.05, 0.1) is 20.8 Å². The molecule has 0 heterocycles. The highest BCUT2D eigenvalue weighted by Gasteiger charge is 2.37. The van der Waals surface area contributed by atoms with Crippen molar-refractivity contribution in [3.63, 3.8) is 0 Å². The molecule has 140 valence electrons. The Balaban J connectivity index is 2.33. The normalized spacial score (nSPS) is 21.8. The van der Waals surface area contributed by atoms with Gasteiger partial charge in [-0.1, -0.05) is 18.0 Å². The van der Waals surface area contributed by atoms with E-state index in [1.54, 1.807) is 0 Å². The molecule has 1 aromatic rings. The van der Waals surface area contributed by atoms with E-state index < -0.39 is 48.5 Å². The Morgan fingerprint density at radius 1 is 1.32 bits per heavy atom. The fourth-order valence-corrected chi connectivity index (χ4v) is 4.38. The van der Waals surface area contributed by atoms with Crippen LogP contribution in [0.25, 0.3) is 0 Å². The fourth-order valence-electron chi connectivity index (χ4n) is 2.93. The third kappa shape index (κ3) is 4.75. The van der Waals surface area contributed by atoms with Crippen LogP contribution in [0.1, 0.15) is 31.2 Å². The maximum atomic E-state index is 12.9. The lowest BCUT2D eigenvalue weighted by Gasteiger charge is -2.29. The highest BCUT2D eigenvalue weighted by atomic mass is 35.5. The molecule has 0 bridgehead atoms. The Morgan fingerprint density at radius 2 is 1.96 bits per heavy atom. The molecule has 0 spiro atoms. The molecule has 2 rings (SSSR count). The third-order valence-electron chi connectivity index (χ3n) is 4.18. The van der Waals surface area contributed by atoms with Crippen molar-refractivity contribution in [2.24, 2.45) is 0 Å². The number of hydrogen-bond donors (Lipinski definition) is 1. The van der Waals surface area contributed by atoms with Crippen molar-refractivity contribution >= 4 is 32.8 Å². The quantitative estimate of drug-likeness (QED) is 0.608. The summed E-state index contributed by atoms with van der Waals surface area (Å²) in [5, 5.41) is 12.7. The molecule has 0 amide bonds. The molecule has 0 radical (unpaired) electrons. The zero-order valence-corrected chi connectivity index (χ0v) is 14.7. The van der Waals surface area contributed by atoms with Crippen LogP contribution in [0.3, 0.4) is 0 Å². The number of halogens is 4. The molecular weight excluding hydrogens is 385 g/mol. The third-order valence-corrected chi connectivity index (χ3v) is 6.13. The van der Waals surface area contributed by atoms with Crippen molar-refractivity contribution in [1.82, 2.24) is 0 Å². The van der Waals surface area contributed by atoms with Gasteiger partial charge in [0.15, 0.2) is 0 Å². The Morgan fingerprint density at radius 3 is 2.48 bits per heavy atom. The van der Waals surface area contributed by atoms with Gasteiger partial charge in [-0.15, -0.1) is 0 Å².